The number of hydrogen-bond donors (Lipinski definition) is 2. The average Bonchev–Trinajstić information content (AvgIpc) is 2.66. The SMILES string of the molecule is N#C/C(=C/Nc1cccnc1Cl)C(=O)NC1CCCCCCCCCCC1. The van der Waals surface area contributed by atoms with E-state index in [4.69, 9.17) is 11.6 Å². The van der Waals surface area contributed by atoms with Crippen LogP contribution in [-0.2, 0) is 4.79 Å². The molecule has 0 spiro atoms. The Morgan fingerprint density at radius 2 is 1.70 bits per heavy atom. The molecule has 0 saturated heterocycles. The van der Waals surface area contributed by atoms with Gasteiger partial charge in [-0.2, -0.15) is 5.26 Å². The second-order valence-electron chi connectivity index (χ2n) is 7.09. The van der Waals surface area contributed by atoms with Gasteiger partial charge in [0, 0.05) is 18.4 Å². The monoisotopic (exact) mass is 388 g/mol. The van der Waals surface area contributed by atoms with E-state index >= 15 is 0 Å². The van der Waals surface area contributed by atoms with Gasteiger partial charge in [-0.25, -0.2) is 4.98 Å². The van der Waals surface area contributed by atoms with Crippen LogP contribution in [0.15, 0.2) is 30.1 Å². The molecule has 1 aromatic rings. The summed E-state index contributed by atoms with van der Waals surface area (Å²) in [4.78, 5) is 16.5. The van der Waals surface area contributed by atoms with E-state index in [2.05, 4.69) is 15.6 Å². The Hall–Kier alpha value is -2.06. The van der Waals surface area contributed by atoms with Gasteiger partial charge in [0.25, 0.3) is 5.91 Å². The Morgan fingerprint density at radius 1 is 1.11 bits per heavy atom. The highest BCUT2D eigenvalue weighted by Crippen LogP contribution is 2.19. The van der Waals surface area contributed by atoms with Crippen molar-refractivity contribution in [1.82, 2.24) is 10.3 Å². The smallest absolute Gasteiger partial charge is 0.263 e. The summed E-state index contributed by atoms with van der Waals surface area (Å²) in [5.41, 5.74) is 0.603. The molecule has 0 aromatic carbocycles. The Kier molecular flexibility index (Phi) is 9.72. The number of nitriles is 1. The molecule has 1 fully saturated rings. The lowest BCUT2D eigenvalue weighted by atomic mass is 9.98. The minimum absolute atomic E-state index is 0.0426. The molecule has 27 heavy (non-hydrogen) atoms. The predicted octanol–water partition coefficient (Wildman–Crippen LogP) is 5.34. The zero-order chi connectivity index (χ0) is 19.3. The lowest BCUT2D eigenvalue weighted by Gasteiger charge is -2.19. The number of carbonyl (C=O) groups excluding carboxylic acids is 1. The Bertz CT molecular complexity index is 656. The van der Waals surface area contributed by atoms with Gasteiger partial charge in [0.05, 0.1) is 5.69 Å². The fourth-order valence-corrected chi connectivity index (χ4v) is 3.54. The van der Waals surface area contributed by atoms with Crippen molar-refractivity contribution < 1.29 is 4.79 Å². The number of aromatic nitrogens is 1. The quantitative estimate of drug-likeness (QED) is 0.414. The molecule has 0 atom stereocenters. The minimum atomic E-state index is -0.331. The maximum atomic E-state index is 12.5. The fourth-order valence-electron chi connectivity index (χ4n) is 3.36. The molecule has 0 bridgehead atoms. The molecule has 1 aliphatic rings. The third-order valence-electron chi connectivity index (χ3n) is 4.94. The molecule has 2 rings (SSSR count). The highest BCUT2D eigenvalue weighted by molar-refractivity contribution is 6.32. The van der Waals surface area contributed by atoms with Crippen molar-refractivity contribution in [3.63, 3.8) is 0 Å². The summed E-state index contributed by atoms with van der Waals surface area (Å²) in [6.45, 7) is 0. The molecule has 1 amide bonds. The second kappa shape index (κ2) is 12.3. The van der Waals surface area contributed by atoms with Gasteiger partial charge in [0.1, 0.15) is 11.6 Å². The number of anilines is 1. The standard InChI is InChI=1S/C21H29ClN4O/c22-20-19(13-10-14-24-20)25-16-17(15-23)21(27)26-18-11-8-6-4-2-1-3-5-7-9-12-18/h10,13-14,16,18,25H,1-9,11-12H2,(H,26,27)/b17-16-. The summed E-state index contributed by atoms with van der Waals surface area (Å²) in [7, 11) is 0. The molecule has 2 N–H and O–H groups in total. The molecule has 0 aliphatic heterocycles. The zero-order valence-corrected chi connectivity index (χ0v) is 16.6. The van der Waals surface area contributed by atoms with Crippen LogP contribution >= 0.6 is 11.6 Å². The molecule has 5 nitrogen and oxygen atoms in total. The first kappa shape index (κ1) is 21.2. The first-order valence-corrected chi connectivity index (χ1v) is 10.4. The Balaban J connectivity index is 1.93. The van der Waals surface area contributed by atoms with Crippen LogP contribution in [-0.4, -0.2) is 16.9 Å². The van der Waals surface area contributed by atoms with Gasteiger partial charge in [-0.1, -0.05) is 69.4 Å². The maximum absolute atomic E-state index is 12.5. The molecule has 1 saturated carbocycles. The van der Waals surface area contributed by atoms with E-state index < -0.39 is 0 Å². The lowest BCUT2D eigenvalue weighted by Crippen LogP contribution is -2.35. The first-order valence-electron chi connectivity index (χ1n) is 9.99. The number of amides is 1. The van der Waals surface area contributed by atoms with Gasteiger partial charge in [0.2, 0.25) is 0 Å². The molecule has 1 aliphatic carbocycles. The normalized spacial score (nSPS) is 17.9. The Morgan fingerprint density at radius 3 is 2.26 bits per heavy atom. The van der Waals surface area contributed by atoms with E-state index in [9.17, 15) is 10.1 Å². The topological polar surface area (TPSA) is 77.8 Å². The number of carbonyl (C=O) groups is 1. The van der Waals surface area contributed by atoms with Crippen LogP contribution in [0.3, 0.4) is 0 Å². The number of rotatable bonds is 4. The van der Waals surface area contributed by atoms with Crippen LogP contribution in [0.5, 0.6) is 0 Å². The number of nitrogens with zero attached hydrogens (tertiary/aromatic N) is 2. The molecule has 6 heteroatoms. The van der Waals surface area contributed by atoms with E-state index in [1.807, 2.05) is 6.07 Å². The summed E-state index contributed by atoms with van der Waals surface area (Å²) in [5.74, 6) is -0.331. The van der Waals surface area contributed by atoms with Gasteiger partial charge in [-0.05, 0) is 25.0 Å². The van der Waals surface area contributed by atoms with Crippen molar-refractivity contribution in [2.45, 2.75) is 76.7 Å². The van der Waals surface area contributed by atoms with Crippen LogP contribution in [0.1, 0.15) is 70.6 Å². The Labute approximate surface area is 167 Å². The van der Waals surface area contributed by atoms with Crippen molar-refractivity contribution in [2.24, 2.45) is 0 Å². The van der Waals surface area contributed by atoms with Crippen LogP contribution < -0.4 is 10.6 Å². The lowest BCUT2D eigenvalue weighted by molar-refractivity contribution is -0.117. The van der Waals surface area contributed by atoms with E-state index in [0.717, 1.165) is 25.7 Å². The molecular formula is C21H29ClN4O. The summed E-state index contributed by atoms with van der Waals surface area (Å²) < 4.78 is 0. The summed E-state index contributed by atoms with van der Waals surface area (Å²) >= 11 is 5.99. The van der Waals surface area contributed by atoms with E-state index in [0.29, 0.717) is 10.8 Å². The van der Waals surface area contributed by atoms with Crippen molar-refractivity contribution >= 4 is 23.2 Å². The average molecular weight is 389 g/mol. The van der Waals surface area contributed by atoms with Crippen molar-refractivity contribution in [3.05, 3.63) is 35.3 Å². The van der Waals surface area contributed by atoms with Gasteiger partial charge >= 0.3 is 0 Å². The minimum Gasteiger partial charge on any atom is -0.358 e. The summed E-state index contributed by atoms with van der Waals surface area (Å²) in [6, 6.07) is 5.58. The zero-order valence-electron chi connectivity index (χ0n) is 15.8. The number of hydrogen-bond acceptors (Lipinski definition) is 4. The van der Waals surface area contributed by atoms with Crippen LogP contribution in [0, 0.1) is 11.3 Å². The maximum Gasteiger partial charge on any atom is 0.263 e. The summed E-state index contributed by atoms with van der Waals surface area (Å²) in [5, 5.41) is 15.6. The predicted molar refractivity (Wildman–Crippen MR) is 109 cm³/mol. The van der Waals surface area contributed by atoms with Crippen LogP contribution in [0.25, 0.3) is 0 Å². The van der Waals surface area contributed by atoms with E-state index in [1.54, 1.807) is 18.3 Å². The molecular weight excluding hydrogens is 360 g/mol. The van der Waals surface area contributed by atoms with Crippen molar-refractivity contribution in [3.8, 4) is 6.07 Å². The van der Waals surface area contributed by atoms with Crippen LogP contribution in [0.4, 0.5) is 5.69 Å². The van der Waals surface area contributed by atoms with Gasteiger partial charge < -0.3 is 10.6 Å². The molecule has 146 valence electrons. The second-order valence-corrected chi connectivity index (χ2v) is 7.44. The van der Waals surface area contributed by atoms with Crippen molar-refractivity contribution in [1.29, 1.82) is 5.26 Å². The molecule has 0 unspecified atom stereocenters. The third-order valence-corrected chi connectivity index (χ3v) is 5.24. The van der Waals surface area contributed by atoms with Gasteiger partial charge in [-0.15, -0.1) is 0 Å². The first-order chi connectivity index (χ1) is 13.2. The van der Waals surface area contributed by atoms with Crippen LogP contribution in [0.2, 0.25) is 5.15 Å². The van der Waals surface area contributed by atoms with Gasteiger partial charge in [-0.3, -0.25) is 4.79 Å². The van der Waals surface area contributed by atoms with E-state index in [1.165, 1.54) is 51.1 Å². The number of nitrogens with one attached hydrogen (secondary N) is 2. The van der Waals surface area contributed by atoms with E-state index in [-0.39, 0.29) is 17.5 Å². The molecule has 1 heterocycles. The molecule has 1 aromatic heterocycles. The largest absolute Gasteiger partial charge is 0.358 e. The molecule has 0 radical (unpaired) electrons. The van der Waals surface area contributed by atoms with Gasteiger partial charge in [0.15, 0.2) is 5.15 Å². The number of halogens is 1. The number of pyridine rings is 1. The third kappa shape index (κ3) is 8.01. The highest BCUT2D eigenvalue weighted by atomic mass is 35.5. The van der Waals surface area contributed by atoms with Crippen molar-refractivity contribution in [2.75, 3.05) is 5.32 Å². The highest BCUT2D eigenvalue weighted by Gasteiger charge is 2.16. The fraction of sp³-hybridized carbons (Fsp3) is 0.571. The summed E-state index contributed by atoms with van der Waals surface area (Å²) in [6.07, 6.45) is 16.2.